The fourth-order valence-electron chi connectivity index (χ4n) is 14.2. The van der Waals surface area contributed by atoms with E-state index < -0.39 is 35.8 Å². The van der Waals surface area contributed by atoms with Crippen LogP contribution in [0.2, 0.25) is 5.02 Å². The lowest BCUT2D eigenvalue weighted by molar-refractivity contribution is -0.141. The molecule has 0 aromatic heterocycles. The summed E-state index contributed by atoms with van der Waals surface area (Å²) >= 11 is 5.87. The Bertz CT molecular complexity index is 5170. The molecule has 622 valence electrons. The van der Waals surface area contributed by atoms with Crippen molar-refractivity contribution >= 4 is 99.3 Å². The predicted octanol–water partition coefficient (Wildman–Crippen LogP) is 16.1. The summed E-state index contributed by atoms with van der Waals surface area (Å²) in [5.74, 6) is 0.926. The molecule has 0 saturated heterocycles. The van der Waals surface area contributed by atoms with E-state index in [-0.39, 0.29) is 11.9 Å². The lowest BCUT2D eigenvalue weighted by Gasteiger charge is -2.13. The first-order chi connectivity index (χ1) is 56.2. The van der Waals surface area contributed by atoms with Crippen LogP contribution in [0.25, 0.3) is 0 Å². The average Bonchev–Trinajstić information content (AvgIpc) is 1.54. The normalized spacial score (nSPS) is 15.9. The van der Waals surface area contributed by atoms with Crippen LogP contribution in [0.5, 0.6) is 28.7 Å². The Labute approximate surface area is 691 Å². The SMILES string of the molecule is CC(=O)O/N=C1\CCc2c(OC(C)=O)cccc21.CC(=O)O/N=C1\CCc2cc(C)c(C)cc21.CC(=O)O/N=C1\CCc2cc(Cl)ccc21.COc1c(C)c(C)cc2c1CC/C2=N\OC(C)=O.COc1c(C)ccc2c1CC/C2=N\OC(C)=O.COc1c(C)ccc2c1CC/C2=N\OC(C)=O.COc1cc(C)cc2c1/C(=N/OC(C)=O)CC2. The van der Waals surface area contributed by atoms with E-state index in [0.29, 0.717) is 17.9 Å². The summed E-state index contributed by atoms with van der Waals surface area (Å²) in [7, 11) is 6.66. The molecular weight excluding hydrogens is 1530 g/mol. The number of aryl methyl sites for hydroxylation is 9. The van der Waals surface area contributed by atoms with Crippen molar-refractivity contribution in [1.29, 1.82) is 0 Å². The minimum atomic E-state index is -0.452. The minimum Gasteiger partial charge on any atom is -0.496 e. The van der Waals surface area contributed by atoms with Crippen LogP contribution in [-0.2, 0) is 117 Å². The highest BCUT2D eigenvalue weighted by Crippen LogP contribution is 2.39. The molecule has 0 atom stereocenters. The molecule has 7 aliphatic carbocycles. The van der Waals surface area contributed by atoms with E-state index in [1.807, 2.05) is 82.3 Å². The molecule has 0 amide bonds. The number of ether oxygens (including phenoxy) is 5. The predicted molar refractivity (Wildman–Crippen MR) is 447 cm³/mol. The van der Waals surface area contributed by atoms with Gasteiger partial charge in [-0.25, -0.2) is 33.6 Å². The Morgan fingerprint density at radius 2 is 0.644 bits per heavy atom. The highest BCUT2D eigenvalue weighted by Gasteiger charge is 2.30. The molecule has 7 aromatic carbocycles. The van der Waals surface area contributed by atoms with Gasteiger partial charge in [-0.15, -0.1) is 0 Å². The topological polar surface area (TPSA) is 334 Å². The molecule has 7 aliphatic rings. The smallest absolute Gasteiger partial charge is 0.331 e. The molecule has 0 saturated carbocycles. The molecule has 0 bridgehead atoms. The van der Waals surface area contributed by atoms with Gasteiger partial charge in [0.05, 0.1) is 68.4 Å². The molecule has 0 radical (unpaired) electrons. The van der Waals surface area contributed by atoms with E-state index in [4.69, 9.17) is 59.5 Å². The van der Waals surface area contributed by atoms with E-state index in [9.17, 15) is 38.4 Å². The molecule has 28 heteroatoms. The number of esters is 1. The third kappa shape index (κ3) is 24.5. The molecular formula is C90H100ClN7O20. The van der Waals surface area contributed by atoms with Gasteiger partial charge in [0.15, 0.2) is 0 Å². The molecule has 14 rings (SSSR count). The molecule has 118 heavy (non-hydrogen) atoms. The number of fused-ring (bicyclic) bond motifs is 7. The number of methoxy groups -OCH3 is 4. The fraction of sp³-hybridized carbons (Fsp3) is 0.367. The first kappa shape index (κ1) is 91.0. The first-order valence-electron chi connectivity index (χ1n) is 38.3. The van der Waals surface area contributed by atoms with Crippen LogP contribution < -0.4 is 23.7 Å². The van der Waals surface area contributed by atoms with Gasteiger partial charge in [-0.2, -0.15) is 0 Å². The van der Waals surface area contributed by atoms with Crippen LogP contribution in [-0.4, -0.2) is 116 Å². The number of rotatable bonds is 12. The van der Waals surface area contributed by atoms with Gasteiger partial charge in [0.2, 0.25) is 0 Å². The minimum absolute atomic E-state index is 0.353. The van der Waals surface area contributed by atoms with Crippen LogP contribution >= 0.6 is 11.6 Å². The highest BCUT2D eigenvalue weighted by molar-refractivity contribution is 6.31. The van der Waals surface area contributed by atoms with E-state index in [0.717, 1.165) is 240 Å². The van der Waals surface area contributed by atoms with Crippen molar-refractivity contribution in [1.82, 2.24) is 0 Å². The number of carbonyl (C=O) groups is 8. The van der Waals surface area contributed by atoms with E-state index >= 15 is 0 Å². The Morgan fingerprint density at radius 3 is 1.08 bits per heavy atom. The molecule has 0 fully saturated rings. The van der Waals surface area contributed by atoms with Crippen LogP contribution in [0, 0.1) is 48.5 Å². The van der Waals surface area contributed by atoms with Crippen molar-refractivity contribution in [2.24, 2.45) is 36.1 Å². The van der Waals surface area contributed by atoms with Crippen molar-refractivity contribution in [3.05, 3.63) is 213 Å². The zero-order valence-electron chi connectivity index (χ0n) is 70.2. The van der Waals surface area contributed by atoms with E-state index in [2.05, 4.69) is 90.8 Å². The second kappa shape index (κ2) is 42.9. The number of hydrogen-bond donors (Lipinski definition) is 0. The number of hydrogen-bond acceptors (Lipinski definition) is 27. The highest BCUT2D eigenvalue weighted by atomic mass is 35.5. The molecule has 0 spiro atoms. The maximum Gasteiger partial charge on any atom is 0.331 e. The summed E-state index contributed by atoms with van der Waals surface area (Å²) in [6, 6.07) is 29.5. The van der Waals surface area contributed by atoms with Gasteiger partial charge in [-0.05, 0) is 230 Å². The third-order valence-corrected chi connectivity index (χ3v) is 19.9. The van der Waals surface area contributed by atoms with Crippen LogP contribution in [0.3, 0.4) is 0 Å². The lowest BCUT2D eigenvalue weighted by Crippen LogP contribution is -2.04. The first-order valence-corrected chi connectivity index (χ1v) is 38.7. The zero-order valence-corrected chi connectivity index (χ0v) is 71.0. The standard InChI is InChI=1S/C14H17NO3.C13H13NO4.3C13H15NO3.C13H15NO2.C11H10ClNO2/c1-8-7-12-11(14(17-4)9(8)2)5-6-13(12)15-18-10(3)16;1-8(15)17-13-5-3-4-10-11(13)6-7-12(10)14-18-9(2)16;1-8-6-10-4-5-11(14-17-9(2)15)13(10)12(7-8)16-3;2*1-8-4-5-10-11(13(8)16-3)6-7-12(10)14-17-9(2)15;1-8-6-11-4-5-13(14-16-10(3)15)12(11)7-9(8)2;1-7(14)15-13-11-5-2-8-6-9(12)3-4-10(8)11/h7H,5-6H2,1-4H3;3-5H,6-7H2,1-2H3;6-7H,4-5H2,1-3H3;2*4-5H,6-7H2,1-3H3;6-7H,4-5H2,1-3H3;3-4,6H,2,5H2,1H3/b15-13+;14-12+;14-11+;2*14-12+;14-13+;13-11+. The van der Waals surface area contributed by atoms with Crippen molar-refractivity contribution in [3.63, 3.8) is 0 Å². The number of nitrogens with zero attached hydrogens (tertiary/aromatic N) is 7. The average molecular weight is 1640 g/mol. The van der Waals surface area contributed by atoms with E-state index in [1.165, 1.54) is 77.6 Å². The molecule has 0 aliphatic heterocycles. The monoisotopic (exact) mass is 1630 g/mol. The molecule has 0 unspecified atom stereocenters. The fourth-order valence-corrected chi connectivity index (χ4v) is 14.4. The summed E-state index contributed by atoms with van der Waals surface area (Å²) in [6.45, 7) is 25.1. The Balaban J connectivity index is 0.000000172. The van der Waals surface area contributed by atoms with Gasteiger partial charge < -0.3 is 57.5 Å². The van der Waals surface area contributed by atoms with Crippen LogP contribution in [0.1, 0.15) is 217 Å². The van der Waals surface area contributed by atoms with Crippen LogP contribution in [0.15, 0.2) is 127 Å². The van der Waals surface area contributed by atoms with Crippen LogP contribution in [0.4, 0.5) is 0 Å². The van der Waals surface area contributed by atoms with E-state index in [1.54, 1.807) is 40.6 Å². The summed E-state index contributed by atoms with van der Waals surface area (Å²) in [5.41, 5.74) is 29.0. The van der Waals surface area contributed by atoms with Gasteiger partial charge in [-0.1, -0.05) is 102 Å². The van der Waals surface area contributed by atoms with Gasteiger partial charge >= 0.3 is 47.8 Å². The molecule has 0 N–H and O–H groups in total. The molecule has 7 aromatic rings. The summed E-state index contributed by atoms with van der Waals surface area (Å²) < 4.78 is 26.8. The van der Waals surface area contributed by atoms with Gasteiger partial charge in [0.25, 0.3) is 0 Å². The van der Waals surface area contributed by atoms with Gasteiger partial charge in [0.1, 0.15) is 28.7 Å². The summed E-state index contributed by atoms with van der Waals surface area (Å²) in [4.78, 5) is 119. The number of oxime groups is 7. The van der Waals surface area contributed by atoms with Gasteiger partial charge in [-0.3, -0.25) is 4.79 Å². The quantitative estimate of drug-likeness (QED) is 0.0474. The number of benzene rings is 7. The van der Waals surface area contributed by atoms with Crippen molar-refractivity contribution < 1.29 is 95.9 Å². The molecule has 0 heterocycles. The molecule has 27 nitrogen and oxygen atoms in total. The van der Waals surface area contributed by atoms with Gasteiger partial charge in [0, 0.05) is 122 Å². The Hall–Kier alpha value is -12.5. The Kier molecular flexibility index (Phi) is 33.1. The van der Waals surface area contributed by atoms with Crippen molar-refractivity contribution in [3.8, 4) is 28.7 Å². The largest absolute Gasteiger partial charge is 0.496 e. The summed E-state index contributed by atoms with van der Waals surface area (Å²) in [5, 5.41) is 27.8. The third-order valence-electron chi connectivity index (χ3n) is 19.6. The number of carbonyl (C=O) groups excluding carboxylic acids is 8. The zero-order chi connectivity index (χ0) is 86.2. The van der Waals surface area contributed by atoms with Crippen molar-refractivity contribution in [2.45, 2.75) is 194 Å². The Morgan fingerprint density at radius 1 is 0.288 bits per heavy atom. The second-order valence-corrected chi connectivity index (χ2v) is 28.8. The lowest BCUT2D eigenvalue weighted by atomic mass is 10.00. The van der Waals surface area contributed by atoms with Crippen molar-refractivity contribution in [2.75, 3.05) is 28.4 Å². The summed E-state index contributed by atoms with van der Waals surface area (Å²) in [6.07, 6.45) is 11.6. The maximum atomic E-state index is 11.0. The second-order valence-electron chi connectivity index (χ2n) is 28.4. The number of halogens is 1. The maximum absolute atomic E-state index is 11.0.